The van der Waals surface area contributed by atoms with E-state index in [1.54, 1.807) is 0 Å². The SMILES string of the molecule is CC(C)(C)OC(=O)[C@@H]1[C@H](COCc2ccccc2)CN1Cc1ccccc1. The van der Waals surface area contributed by atoms with E-state index in [0.717, 1.165) is 18.7 Å². The van der Waals surface area contributed by atoms with Crippen molar-refractivity contribution in [1.82, 2.24) is 4.90 Å². The molecule has 0 N–H and O–H groups in total. The van der Waals surface area contributed by atoms with Crippen molar-refractivity contribution < 1.29 is 14.3 Å². The summed E-state index contributed by atoms with van der Waals surface area (Å²) in [7, 11) is 0. The van der Waals surface area contributed by atoms with E-state index in [2.05, 4.69) is 17.0 Å². The Morgan fingerprint density at radius 1 is 1.00 bits per heavy atom. The first kappa shape index (κ1) is 19.6. The fourth-order valence-electron chi connectivity index (χ4n) is 3.41. The normalized spacial score (nSPS) is 20.1. The number of carbonyl (C=O) groups excluding carboxylic acids is 1. The molecule has 4 heteroatoms. The molecule has 0 unspecified atom stereocenters. The van der Waals surface area contributed by atoms with Gasteiger partial charge in [-0.15, -0.1) is 0 Å². The highest BCUT2D eigenvalue weighted by atomic mass is 16.6. The Balaban J connectivity index is 1.59. The highest BCUT2D eigenvalue weighted by Gasteiger charge is 2.45. The quantitative estimate of drug-likeness (QED) is 0.692. The summed E-state index contributed by atoms with van der Waals surface area (Å²) in [6.07, 6.45) is 0. The Morgan fingerprint density at radius 3 is 2.19 bits per heavy atom. The molecular formula is C23H29NO3. The van der Waals surface area contributed by atoms with Crippen LogP contribution < -0.4 is 0 Å². The molecule has 0 radical (unpaired) electrons. The molecule has 0 aliphatic carbocycles. The molecule has 2 aromatic carbocycles. The molecule has 3 rings (SSSR count). The van der Waals surface area contributed by atoms with Crippen LogP contribution in [-0.4, -0.2) is 35.7 Å². The summed E-state index contributed by atoms with van der Waals surface area (Å²) in [6.45, 7) is 8.44. The molecule has 1 saturated heterocycles. The number of rotatable bonds is 7. The summed E-state index contributed by atoms with van der Waals surface area (Å²) < 4.78 is 11.6. The Kier molecular flexibility index (Phi) is 6.30. The van der Waals surface area contributed by atoms with E-state index in [1.807, 2.05) is 69.3 Å². The van der Waals surface area contributed by atoms with Gasteiger partial charge in [-0.05, 0) is 31.9 Å². The first-order valence-corrected chi connectivity index (χ1v) is 9.55. The Bertz CT molecular complexity index is 722. The topological polar surface area (TPSA) is 38.8 Å². The van der Waals surface area contributed by atoms with Crippen molar-refractivity contribution in [1.29, 1.82) is 0 Å². The molecule has 144 valence electrons. The second-order valence-corrected chi connectivity index (χ2v) is 8.15. The summed E-state index contributed by atoms with van der Waals surface area (Å²) in [4.78, 5) is 14.9. The van der Waals surface area contributed by atoms with E-state index >= 15 is 0 Å². The Labute approximate surface area is 162 Å². The van der Waals surface area contributed by atoms with E-state index in [-0.39, 0.29) is 17.9 Å². The van der Waals surface area contributed by atoms with Crippen LogP contribution in [0.15, 0.2) is 60.7 Å². The maximum absolute atomic E-state index is 12.8. The van der Waals surface area contributed by atoms with Gasteiger partial charge in [-0.25, -0.2) is 0 Å². The van der Waals surface area contributed by atoms with Gasteiger partial charge in [0.2, 0.25) is 0 Å². The molecule has 1 heterocycles. The van der Waals surface area contributed by atoms with Gasteiger partial charge in [0, 0.05) is 19.0 Å². The van der Waals surface area contributed by atoms with E-state index in [1.165, 1.54) is 5.56 Å². The van der Waals surface area contributed by atoms with Crippen molar-refractivity contribution in [2.45, 2.75) is 45.6 Å². The van der Waals surface area contributed by atoms with E-state index in [4.69, 9.17) is 9.47 Å². The minimum atomic E-state index is -0.486. The zero-order chi connectivity index (χ0) is 19.3. The zero-order valence-corrected chi connectivity index (χ0v) is 16.4. The third-order valence-electron chi connectivity index (χ3n) is 4.63. The number of likely N-dealkylation sites (tertiary alicyclic amines) is 1. The highest BCUT2D eigenvalue weighted by Crippen LogP contribution is 2.30. The minimum absolute atomic E-state index is 0.155. The van der Waals surface area contributed by atoms with Crippen molar-refractivity contribution in [2.24, 2.45) is 5.92 Å². The second kappa shape index (κ2) is 8.68. The first-order chi connectivity index (χ1) is 12.9. The molecule has 1 fully saturated rings. The summed E-state index contributed by atoms with van der Waals surface area (Å²) >= 11 is 0. The minimum Gasteiger partial charge on any atom is -0.459 e. The predicted molar refractivity (Wildman–Crippen MR) is 106 cm³/mol. The lowest BCUT2D eigenvalue weighted by Gasteiger charge is -2.47. The first-order valence-electron chi connectivity index (χ1n) is 9.55. The molecule has 1 aliphatic rings. The maximum atomic E-state index is 12.8. The molecule has 0 saturated carbocycles. The van der Waals surface area contributed by atoms with Gasteiger partial charge in [0.1, 0.15) is 11.6 Å². The standard InChI is InChI=1S/C23H29NO3/c1-23(2,3)27-22(25)21-20(17-26-16-19-12-8-5-9-13-19)15-24(21)14-18-10-6-4-7-11-18/h4-13,20-21H,14-17H2,1-3H3/t20-,21-/m0/s1. The third-order valence-corrected chi connectivity index (χ3v) is 4.63. The van der Waals surface area contributed by atoms with Crippen LogP contribution in [0.5, 0.6) is 0 Å². The van der Waals surface area contributed by atoms with Gasteiger partial charge in [0.25, 0.3) is 0 Å². The van der Waals surface area contributed by atoms with Crippen LogP contribution >= 0.6 is 0 Å². The van der Waals surface area contributed by atoms with Crippen molar-refractivity contribution in [3.05, 3.63) is 71.8 Å². The van der Waals surface area contributed by atoms with Gasteiger partial charge in [-0.3, -0.25) is 9.69 Å². The van der Waals surface area contributed by atoms with Gasteiger partial charge in [-0.1, -0.05) is 60.7 Å². The average Bonchev–Trinajstić information content (AvgIpc) is 2.60. The van der Waals surface area contributed by atoms with Crippen molar-refractivity contribution >= 4 is 5.97 Å². The second-order valence-electron chi connectivity index (χ2n) is 8.15. The molecule has 2 aromatic rings. The van der Waals surface area contributed by atoms with Crippen molar-refractivity contribution in [3.8, 4) is 0 Å². The number of ether oxygens (including phenoxy) is 2. The zero-order valence-electron chi connectivity index (χ0n) is 16.4. The molecule has 0 aromatic heterocycles. The summed E-state index contributed by atoms with van der Waals surface area (Å²) in [6, 6.07) is 20.1. The van der Waals surface area contributed by atoms with Gasteiger partial charge >= 0.3 is 5.97 Å². The summed E-state index contributed by atoms with van der Waals surface area (Å²) in [5, 5.41) is 0. The third kappa shape index (κ3) is 5.65. The molecule has 0 bridgehead atoms. The number of carbonyl (C=O) groups is 1. The maximum Gasteiger partial charge on any atom is 0.324 e. The van der Waals surface area contributed by atoms with Gasteiger partial charge in [0.05, 0.1) is 13.2 Å². The van der Waals surface area contributed by atoms with Crippen LogP contribution in [0, 0.1) is 5.92 Å². The molecule has 1 aliphatic heterocycles. The van der Waals surface area contributed by atoms with E-state index in [9.17, 15) is 4.79 Å². The highest BCUT2D eigenvalue weighted by molar-refractivity contribution is 5.78. The molecule has 2 atom stereocenters. The lowest BCUT2D eigenvalue weighted by molar-refractivity contribution is -0.175. The van der Waals surface area contributed by atoms with Crippen LogP contribution in [0.3, 0.4) is 0 Å². The number of hydrogen-bond acceptors (Lipinski definition) is 4. The summed E-state index contributed by atoms with van der Waals surface area (Å²) in [5.74, 6) is 0.00488. The summed E-state index contributed by atoms with van der Waals surface area (Å²) in [5.41, 5.74) is 1.86. The fraction of sp³-hybridized carbons (Fsp3) is 0.435. The van der Waals surface area contributed by atoms with Crippen LogP contribution in [-0.2, 0) is 27.4 Å². The van der Waals surface area contributed by atoms with Crippen molar-refractivity contribution in [2.75, 3.05) is 13.2 Å². The fourth-order valence-corrected chi connectivity index (χ4v) is 3.41. The molecule has 0 spiro atoms. The van der Waals surface area contributed by atoms with Crippen LogP contribution in [0.2, 0.25) is 0 Å². The molecule has 27 heavy (non-hydrogen) atoms. The molecule has 4 nitrogen and oxygen atoms in total. The van der Waals surface area contributed by atoms with Crippen LogP contribution in [0.1, 0.15) is 31.9 Å². The van der Waals surface area contributed by atoms with Gasteiger partial charge in [-0.2, -0.15) is 0 Å². The van der Waals surface area contributed by atoms with Crippen LogP contribution in [0.4, 0.5) is 0 Å². The smallest absolute Gasteiger partial charge is 0.324 e. The lowest BCUT2D eigenvalue weighted by Crippen LogP contribution is -2.62. The lowest BCUT2D eigenvalue weighted by atomic mass is 9.88. The molecular weight excluding hydrogens is 338 g/mol. The van der Waals surface area contributed by atoms with Gasteiger partial charge in [0.15, 0.2) is 0 Å². The molecule has 0 amide bonds. The predicted octanol–water partition coefficient (Wildman–Crippen LogP) is 4.05. The monoisotopic (exact) mass is 367 g/mol. The number of benzene rings is 2. The van der Waals surface area contributed by atoms with E-state index < -0.39 is 5.60 Å². The Morgan fingerprint density at radius 2 is 1.59 bits per heavy atom. The van der Waals surface area contributed by atoms with E-state index in [0.29, 0.717) is 13.2 Å². The largest absolute Gasteiger partial charge is 0.459 e. The Hall–Kier alpha value is -2.17. The number of nitrogens with zero attached hydrogens (tertiary/aromatic N) is 1. The average molecular weight is 367 g/mol. The van der Waals surface area contributed by atoms with Crippen LogP contribution in [0.25, 0.3) is 0 Å². The number of esters is 1. The van der Waals surface area contributed by atoms with Crippen molar-refractivity contribution in [3.63, 3.8) is 0 Å². The number of hydrogen-bond donors (Lipinski definition) is 0. The van der Waals surface area contributed by atoms with Gasteiger partial charge < -0.3 is 9.47 Å².